The number of rotatable bonds is 48. The van der Waals surface area contributed by atoms with E-state index < -0.39 is 47.5 Å². The molecule has 1 unspecified atom stereocenters. The summed E-state index contributed by atoms with van der Waals surface area (Å²) >= 11 is 1.65. The lowest BCUT2D eigenvalue weighted by Gasteiger charge is -2.25. The lowest BCUT2D eigenvalue weighted by molar-refractivity contribution is -0.136. The first-order chi connectivity index (χ1) is 43.8. The third kappa shape index (κ3) is 28.7. The maximum atomic E-state index is 13.8. The number of anilines is 1. The normalized spacial score (nSPS) is 15.0. The van der Waals surface area contributed by atoms with Gasteiger partial charge >= 0.3 is 12.1 Å². The van der Waals surface area contributed by atoms with Gasteiger partial charge in [-0.1, -0.05) is 19.1 Å². The zero-order valence-electron chi connectivity index (χ0n) is 51.5. The van der Waals surface area contributed by atoms with Crippen LogP contribution in [0.15, 0.2) is 47.0 Å². The van der Waals surface area contributed by atoms with Gasteiger partial charge in [0, 0.05) is 86.9 Å². The van der Waals surface area contributed by atoms with Crippen LogP contribution in [0, 0.1) is 23.3 Å². The zero-order chi connectivity index (χ0) is 64.0. The van der Waals surface area contributed by atoms with Gasteiger partial charge in [-0.3, -0.25) is 19.3 Å². The van der Waals surface area contributed by atoms with Crippen LogP contribution >= 0.6 is 11.3 Å². The Hall–Kier alpha value is -5.89. The van der Waals surface area contributed by atoms with Gasteiger partial charge in [-0.2, -0.15) is 8.78 Å². The van der Waals surface area contributed by atoms with E-state index in [0.29, 0.717) is 143 Å². The third-order valence-electron chi connectivity index (χ3n) is 14.0. The molecule has 1 aromatic heterocycles. The van der Waals surface area contributed by atoms with Crippen LogP contribution < -0.4 is 26.4 Å². The molecule has 2 aliphatic heterocycles. The van der Waals surface area contributed by atoms with Gasteiger partial charge in [0.25, 0.3) is 0 Å². The summed E-state index contributed by atoms with van der Waals surface area (Å²) in [4.78, 5) is 61.2. The van der Waals surface area contributed by atoms with Crippen molar-refractivity contribution in [2.45, 2.75) is 89.9 Å². The first-order valence-corrected chi connectivity index (χ1v) is 31.7. The number of nitrogens with one attached hydrogen (secondary N) is 3. The lowest BCUT2D eigenvalue weighted by atomic mass is 9.96. The van der Waals surface area contributed by atoms with Crippen molar-refractivity contribution in [3.05, 3.63) is 80.6 Å². The minimum atomic E-state index is -1.80. The number of aliphatic imine (C=N–C) groups is 1. The molecule has 3 aromatic rings. The maximum Gasteiger partial charge on any atom is 0.407 e. The van der Waals surface area contributed by atoms with Crippen LogP contribution in [0.4, 0.5) is 33.7 Å². The molecule has 23 nitrogen and oxygen atoms in total. The Morgan fingerprint density at radius 3 is 1.73 bits per heavy atom. The number of carbonyl (C=O) groups excluding carboxylic acids is 4. The number of amides is 3. The Morgan fingerprint density at radius 2 is 1.21 bits per heavy atom. The predicted molar refractivity (Wildman–Crippen MR) is 327 cm³/mol. The number of hydrogen-bond donors (Lipinski definition) is 4. The van der Waals surface area contributed by atoms with Crippen molar-refractivity contribution >= 4 is 58.5 Å². The second-order valence-electron chi connectivity index (χ2n) is 21.2. The lowest BCUT2D eigenvalue weighted by Crippen LogP contribution is -2.37. The second-order valence-corrected chi connectivity index (χ2v) is 22.3. The smallest absolute Gasteiger partial charge is 0.407 e. The molecule has 3 heterocycles. The number of nitrogens with zero attached hydrogens (tertiary/aromatic N) is 3. The number of hydrogen-bond acceptors (Lipinski definition) is 21. The van der Waals surface area contributed by atoms with Crippen LogP contribution in [0.5, 0.6) is 5.75 Å². The molecule has 5 N–H and O–H groups in total. The van der Waals surface area contributed by atoms with Gasteiger partial charge in [0.2, 0.25) is 29.2 Å². The number of benzene rings is 2. The molecule has 502 valence electrons. The quantitative estimate of drug-likeness (QED) is 0.0148. The highest BCUT2D eigenvalue weighted by atomic mass is 32.1. The van der Waals surface area contributed by atoms with Crippen molar-refractivity contribution in [3.8, 4) is 5.75 Å². The summed E-state index contributed by atoms with van der Waals surface area (Å²) in [5, 5.41) is 9.44. The SMILES string of the molecule is CCCN(CCCNC(=O)OC1CCC1)C(=O)C1=Cc2sc(CN3CCC(Nc4ccc(CNC(=O)CCOCCOCCOCCOCCOCCOCCOCCOCCOCCOCCC(=O)Oc5c(F)c(F)cc(F)c5F)cc4)C3)cc2N=C(N)C1. The summed E-state index contributed by atoms with van der Waals surface area (Å²) in [6, 6.07) is 10.5. The molecule has 6 rings (SSSR count). The molecule has 0 radical (unpaired) electrons. The average molecular weight is 1300 g/mol. The Kier molecular flexibility index (Phi) is 35.0. The molecule has 1 saturated carbocycles. The van der Waals surface area contributed by atoms with Crippen molar-refractivity contribution in [1.29, 1.82) is 0 Å². The first kappa shape index (κ1) is 73.2. The number of amidine groups is 1. The highest BCUT2D eigenvalue weighted by molar-refractivity contribution is 7.13. The summed E-state index contributed by atoms with van der Waals surface area (Å²) in [6.45, 7) is 13.3. The van der Waals surface area contributed by atoms with Crippen molar-refractivity contribution in [2.24, 2.45) is 10.7 Å². The van der Waals surface area contributed by atoms with Crippen LogP contribution in [0.1, 0.15) is 80.0 Å². The van der Waals surface area contributed by atoms with Crippen molar-refractivity contribution in [2.75, 3.05) is 170 Å². The third-order valence-corrected chi connectivity index (χ3v) is 15.1. The van der Waals surface area contributed by atoms with E-state index in [-0.39, 0.29) is 75.9 Å². The standard InChI is InChI=1S/C62H89F4N7O16S/c1-2-15-73(16-4-14-68-62(77)88-49-5-3-6-49)61(76)46-38-54-53(71-55(67)39-46)40-50(90-54)44-72-17-11-48(43-72)70-47-9-7-45(8-10-47)42-69-56(74)12-18-78-20-22-80-24-26-82-28-30-84-32-34-86-36-37-87-35-33-85-31-29-83-27-25-81-23-21-79-19-13-57(75)89-60-58(65)51(63)41-52(64)59(60)66/h7-10,38,40-41,48-49,70H,2-6,11-37,39,42-44H2,1H3,(H2,67,71)(H,68,77)(H,69,74). The summed E-state index contributed by atoms with van der Waals surface area (Å²) in [5.74, 6) is -9.27. The molecule has 1 atom stereocenters. The van der Waals surface area contributed by atoms with Crippen LogP contribution in [0.25, 0.3) is 6.08 Å². The number of fused-ring (bicyclic) bond motifs is 1. The van der Waals surface area contributed by atoms with E-state index in [1.165, 1.54) is 0 Å². The van der Waals surface area contributed by atoms with Gasteiger partial charge in [0.1, 0.15) is 11.9 Å². The Labute approximate surface area is 527 Å². The van der Waals surface area contributed by atoms with E-state index in [0.717, 1.165) is 78.4 Å². The fourth-order valence-electron chi connectivity index (χ4n) is 9.15. The van der Waals surface area contributed by atoms with Crippen LogP contribution in [-0.4, -0.2) is 217 Å². The van der Waals surface area contributed by atoms with Gasteiger partial charge in [0.05, 0.1) is 149 Å². The second kappa shape index (κ2) is 43.0. The monoisotopic (exact) mass is 1300 g/mol. The minimum absolute atomic E-state index is 0.0155. The zero-order valence-corrected chi connectivity index (χ0v) is 52.3. The number of alkyl carbamates (subject to hydrolysis) is 1. The molecule has 1 aliphatic carbocycles. The van der Waals surface area contributed by atoms with E-state index in [2.05, 4.69) is 31.7 Å². The molecule has 0 bridgehead atoms. The fraction of sp³-hybridized carbons (Fsp3) is 0.629. The Bertz CT molecular complexity index is 2650. The Balaban J connectivity index is 0.661. The summed E-state index contributed by atoms with van der Waals surface area (Å²) in [5.41, 5.74) is 9.80. The number of nitrogens with two attached hydrogens (primary N) is 1. The van der Waals surface area contributed by atoms with Gasteiger partial charge in [-0.25, -0.2) is 18.6 Å². The largest absolute Gasteiger partial charge is 0.446 e. The highest BCUT2D eigenvalue weighted by Gasteiger charge is 2.27. The fourth-order valence-corrected chi connectivity index (χ4v) is 10.3. The average Bonchev–Trinajstić information content (AvgIpc) is 1.84. The molecule has 2 aromatic carbocycles. The number of likely N-dealkylation sites (tertiary alicyclic amines) is 1. The van der Waals surface area contributed by atoms with Gasteiger partial charge in [-0.05, 0) is 68.4 Å². The van der Waals surface area contributed by atoms with Crippen LogP contribution in [0.2, 0.25) is 0 Å². The highest BCUT2D eigenvalue weighted by Crippen LogP contribution is 2.36. The molecule has 3 aliphatic rings. The molecule has 0 spiro atoms. The number of esters is 1. The molecule has 90 heavy (non-hydrogen) atoms. The van der Waals surface area contributed by atoms with E-state index >= 15 is 0 Å². The molecule has 2 fully saturated rings. The van der Waals surface area contributed by atoms with Gasteiger partial charge < -0.3 is 83.4 Å². The summed E-state index contributed by atoms with van der Waals surface area (Å²) < 4.78 is 118. The predicted octanol–water partition coefficient (Wildman–Crippen LogP) is 6.84. The van der Waals surface area contributed by atoms with Crippen molar-refractivity contribution in [3.63, 3.8) is 0 Å². The summed E-state index contributed by atoms with van der Waals surface area (Å²) in [6.07, 6.45) is 7.08. The number of halogens is 4. The number of ether oxygens (including phenoxy) is 12. The van der Waals surface area contributed by atoms with Crippen LogP contribution in [-0.2, 0) is 79.6 Å². The van der Waals surface area contributed by atoms with Crippen molar-refractivity contribution < 1.29 is 93.6 Å². The number of thiophene rings is 1. The van der Waals surface area contributed by atoms with Gasteiger partial charge in [0.15, 0.2) is 11.6 Å². The topological polar surface area (TPSA) is 260 Å². The molecular weight excluding hydrogens is 1210 g/mol. The van der Waals surface area contributed by atoms with E-state index in [9.17, 15) is 36.7 Å². The molecule has 1 saturated heterocycles. The van der Waals surface area contributed by atoms with Gasteiger partial charge in [-0.15, -0.1) is 11.3 Å². The van der Waals surface area contributed by atoms with E-state index in [4.69, 9.17) is 62.8 Å². The van der Waals surface area contributed by atoms with E-state index in [1.807, 2.05) is 42.2 Å². The Morgan fingerprint density at radius 1 is 0.678 bits per heavy atom. The maximum absolute atomic E-state index is 13.8. The number of carbonyl (C=O) groups is 4. The van der Waals surface area contributed by atoms with Crippen LogP contribution in [0.3, 0.4) is 0 Å². The molecule has 28 heteroatoms. The summed E-state index contributed by atoms with van der Waals surface area (Å²) in [7, 11) is 0. The van der Waals surface area contributed by atoms with E-state index in [1.54, 1.807) is 11.3 Å². The minimum Gasteiger partial charge on any atom is -0.446 e. The van der Waals surface area contributed by atoms with Crippen molar-refractivity contribution in [1.82, 2.24) is 20.4 Å². The molecular formula is C62H89F4N7O16S. The first-order valence-electron chi connectivity index (χ1n) is 30.9. The molecule has 3 amide bonds.